The first-order valence-corrected chi connectivity index (χ1v) is 8.11. The van der Waals surface area contributed by atoms with E-state index in [4.69, 9.17) is 0 Å². The number of carbonyl (C=O) groups is 2. The maximum atomic E-state index is 12.3. The Morgan fingerprint density at radius 3 is 2.64 bits per heavy atom. The molecular formula is C19H21N3O3. The van der Waals surface area contributed by atoms with Gasteiger partial charge in [0, 0.05) is 31.8 Å². The van der Waals surface area contributed by atoms with Gasteiger partial charge in [0.1, 0.15) is 0 Å². The molecule has 25 heavy (non-hydrogen) atoms. The monoisotopic (exact) mass is 339 g/mol. The summed E-state index contributed by atoms with van der Waals surface area (Å²) in [6.45, 7) is 0. The highest BCUT2D eigenvalue weighted by Crippen LogP contribution is 2.31. The number of rotatable bonds is 3. The second-order valence-corrected chi connectivity index (χ2v) is 6.33. The summed E-state index contributed by atoms with van der Waals surface area (Å²) >= 11 is 0. The van der Waals surface area contributed by atoms with Gasteiger partial charge in [-0.3, -0.25) is 4.79 Å². The molecule has 0 aromatic heterocycles. The van der Waals surface area contributed by atoms with Crippen LogP contribution in [0.3, 0.4) is 0 Å². The molecule has 0 saturated carbocycles. The summed E-state index contributed by atoms with van der Waals surface area (Å²) in [4.78, 5) is 25.8. The van der Waals surface area contributed by atoms with E-state index >= 15 is 0 Å². The summed E-state index contributed by atoms with van der Waals surface area (Å²) in [5.74, 6) is -0.135. The molecule has 0 radical (unpaired) electrons. The minimum absolute atomic E-state index is 0.135. The van der Waals surface area contributed by atoms with Gasteiger partial charge >= 0.3 is 6.03 Å². The third-order valence-electron chi connectivity index (χ3n) is 4.26. The Balaban J connectivity index is 1.69. The number of aliphatic hydroxyl groups excluding tert-OH is 1. The lowest BCUT2D eigenvalue weighted by atomic mass is 10.1. The zero-order valence-corrected chi connectivity index (χ0v) is 14.2. The van der Waals surface area contributed by atoms with Crippen LogP contribution in [0.4, 0.5) is 10.5 Å². The molecule has 3 amide bonds. The fraction of sp³-hybridized carbons (Fsp3) is 0.263. The molecule has 0 spiro atoms. The third-order valence-corrected chi connectivity index (χ3v) is 4.26. The fourth-order valence-corrected chi connectivity index (χ4v) is 3.04. The van der Waals surface area contributed by atoms with E-state index < -0.39 is 18.2 Å². The Morgan fingerprint density at radius 2 is 1.88 bits per heavy atom. The molecule has 0 aliphatic heterocycles. The maximum absolute atomic E-state index is 12.3. The second kappa shape index (κ2) is 6.94. The molecule has 0 bridgehead atoms. The van der Waals surface area contributed by atoms with Gasteiger partial charge in [0.25, 0.3) is 5.91 Å². The fourth-order valence-electron chi connectivity index (χ4n) is 3.04. The number of benzene rings is 2. The van der Waals surface area contributed by atoms with Gasteiger partial charge in [0.05, 0.1) is 12.1 Å². The predicted molar refractivity (Wildman–Crippen MR) is 95.5 cm³/mol. The molecule has 0 unspecified atom stereocenters. The van der Waals surface area contributed by atoms with Crippen molar-refractivity contribution < 1.29 is 14.7 Å². The van der Waals surface area contributed by atoms with E-state index in [0.29, 0.717) is 17.7 Å². The Hall–Kier alpha value is -2.86. The zero-order chi connectivity index (χ0) is 18.0. The first-order valence-electron chi connectivity index (χ1n) is 8.11. The highest BCUT2D eigenvalue weighted by atomic mass is 16.3. The van der Waals surface area contributed by atoms with Crippen LogP contribution < -0.4 is 10.6 Å². The number of anilines is 1. The van der Waals surface area contributed by atoms with E-state index in [-0.39, 0.29) is 5.91 Å². The van der Waals surface area contributed by atoms with Crippen molar-refractivity contribution in [1.82, 2.24) is 10.2 Å². The maximum Gasteiger partial charge on any atom is 0.319 e. The van der Waals surface area contributed by atoms with Crippen molar-refractivity contribution >= 4 is 17.6 Å². The van der Waals surface area contributed by atoms with Crippen molar-refractivity contribution in [2.24, 2.45) is 0 Å². The summed E-state index contributed by atoms with van der Waals surface area (Å²) in [6, 6.07) is 13.6. The summed E-state index contributed by atoms with van der Waals surface area (Å²) in [5, 5.41) is 15.7. The lowest BCUT2D eigenvalue weighted by molar-refractivity contribution is 0.0827. The number of amides is 3. The number of fused-ring (bicyclic) bond motifs is 1. The van der Waals surface area contributed by atoms with Gasteiger partial charge in [-0.2, -0.15) is 0 Å². The Morgan fingerprint density at radius 1 is 1.12 bits per heavy atom. The molecule has 2 aromatic rings. The SMILES string of the molecule is CN(C)C(=O)c1cccc(NC(=O)N[C@H]2c3ccccc3C[C@H]2O)c1. The van der Waals surface area contributed by atoms with Crippen LogP contribution in [0.25, 0.3) is 0 Å². The number of hydrogen-bond acceptors (Lipinski definition) is 3. The largest absolute Gasteiger partial charge is 0.390 e. The predicted octanol–water partition coefficient (Wildman–Crippen LogP) is 2.17. The number of hydrogen-bond donors (Lipinski definition) is 3. The minimum atomic E-state index is -0.648. The van der Waals surface area contributed by atoms with Gasteiger partial charge in [-0.1, -0.05) is 30.3 Å². The van der Waals surface area contributed by atoms with Crippen molar-refractivity contribution in [3.05, 3.63) is 65.2 Å². The average molecular weight is 339 g/mol. The molecular weight excluding hydrogens is 318 g/mol. The molecule has 1 aliphatic rings. The highest BCUT2D eigenvalue weighted by molar-refractivity contribution is 5.96. The van der Waals surface area contributed by atoms with E-state index in [2.05, 4.69) is 10.6 Å². The number of nitrogens with one attached hydrogen (secondary N) is 2. The number of aliphatic hydroxyl groups is 1. The topological polar surface area (TPSA) is 81.7 Å². The first kappa shape index (κ1) is 17.0. The van der Waals surface area contributed by atoms with Gasteiger partial charge in [-0.25, -0.2) is 4.79 Å². The standard InChI is InChI=1S/C19H21N3O3/c1-22(2)18(24)13-7-5-8-14(10-13)20-19(25)21-17-15-9-4-3-6-12(15)11-16(17)23/h3-10,16-17,23H,11H2,1-2H3,(H2,20,21,25)/t16-,17+/m1/s1. The van der Waals surface area contributed by atoms with Gasteiger partial charge in [0.15, 0.2) is 0 Å². The summed E-state index contributed by atoms with van der Waals surface area (Å²) in [5.41, 5.74) is 2.99. The van der Waals surface area contributed by atoms with Crippen molar-refractivity contribution in [3.63, 3.8) is 0 Å². The van der Waals surface area contributed by atoms with E-state index in [0.717, 1.165) is 11.1 Å². The zero-order valence-electron chi connectivity index (χ0n) is 14.2. The van der Waals surface area contributed by atoms with Crippen molar-refractivity contribution in [2.45, 2.75) is 18.6 Å². The van der Waals surface area contributed by atoms with Crippen LogP contribution in [0.15, 0.2) is 48.5 Å². The van der Waals surface area contributed by atoms with Gasteiger partial charge in [0.2, 0.25) is 0 Å². The van der Waals surface area contributed by atoms with Gasteiger partial charge < -0.3 is 20.6 Å². The summed E-state index contributed by atoms with van der Waals surface area (Å²) in [7, 11) is 3.35. The van der Waals surface area contributed by atoms with Crippen LogP contribution in [0.2, 0.25) is 0 Å². The van der Waals surface area contributed by atoms with Crippen LogP contribution in [-0.4, -0.2) is 42.1 Å². The number of urea groups is 1. The first-order chi connectivity index (χ1) is 12.0. The molecule has 3 N–H and O–H groups in total. The second-order valence-electron chi connectivity index (χ2n) is 6.33. The molecule has 2 aromatic carbocycles. The van der Waals surface area contributed by atoms with Crippen LogP contribution in [0, 0.1) is 0 Å². The molecule has 1 aliphatic carbocycles. The van der Waals surface area contributed by atoms with E-state index in [9.17, 15) is 14.7 Å². The Kier molecular flexibility index (Phi) is 4.72. The average Bonchev–Trinajstić information content (AvgIpc) is 2.90. The Labute approximate surface area is 146 Å². The minimum Gasteiger partial charge on any atom is -0.390 e. The molecule has 130 valence electrons. The quantitative estimate of drug-likeness (QED) is 0.801. The third kappa shape index (κ3) is 3.64. The van der Waals surface area contributed by atoms with E-state index in [1.807, 2.05) is 24.3 Å². The van der Waals surface area contributed by atoms with Crippen molar-refractivity contribution in [3.8, 4) is 0 Å². The molecule has 0 heterocycles. The molecule has 0 saturated heterocycles. The molecule has 0 fully saturated rings. The molecule has 6 heteroatoms. The smallest absolute Gasteiger partial charge is 0.319 e. The van der Waals surface area contributed by atoms with Crippen LogP contribution in [0.5, 0.6) is 0 Å². The van der Waals surface area contributed by atoms with Gasteiger partial charge in [-0.15, -0.1) is 0 Å². The summed E-state index contributed by atoms with van der Waals surface area (Å²) in [6.07, 6.45) is -0.127. The molecule has 6 nitrogen and oxygen atoms in total. The van der Waals surface area contributed by atoms with Crippen molar-refractivity contribution in [2.75, 3.05) is 19.4 Å². The van der Waals surface area contributed by atoms with E-state index in [1.54, 1.807) is 38.4 Å². The lowest BCUT2D eigenvalue weighted by Gasteiger charge is -2.18. The molecule has 2 atom stereocenters. The van der Waals surface area contributed by atoms with E-state index in [1.165, 1.54) is 4.90 Å². The normalized spacial score (nSPS) is 18.4. The highest BCUT2D eigenvalue weighted by Gasteiger charge is 2.31. The molecule has 3 rings (SSSR count). The van der Waals surface area contributed by atoms with Gasteiger partial charge in [-0.05, 0) is 29.3 Å². The number of nitrogens with zero attached hydrogens (tertiary/aromatic N) is 1. The Bertz CT molecular complexity index is 804. The van der Waals surface area contributed by atoms with Crippen LogP contribution in [0.1, 0.15) is 27.5 Å². The van der Waals surface area contributed by atoms with Crippen LogP contribution >= 0.6 is 0 Å². The van der Waals surface area contributed by atoms with Crippen molar-refractivity contribution in [1.29, 1.82) is 0 Å². The lowest BCUT2D eigenvalue weighted by Crippen LogP contribution is -2.36. The van der Waals surface area contributed by atoms with Crippen LogP contribution in [-0.2, 0) is 6.42 Å². The summed E-state index contributed by atoms with van der Waals surface area (Å²) < 4.78 is 0. The number of carbonyl (C=O) groups excluding carboxylic acids is 2.